The predicted molar refractivity (Wildman–Crippen MR) is 115 cm³/mol. The molecule has 0 radical (unpaired) electrons. The van der Waals surface area contributed by atoms with E-state index in [-0.39, 0.29) is 30.1 Å². The lowest BCUT2D eigenvalue weighted by Crippen LogP contribution is -2.51. The first-order valence-electron chi connectivity index (χ1n) is 11.0. The van der Waals surface area contributed by atoms with Gasteiger partial charge in [-0.2, -0.15) is 0 Å². The van der Waals surface area contributed by atoms with Crippen molar-refractivity contribution in [2.75, 3.05) is 6.54 Å². The number of rotatable bonds is 9. The molecule has 0 spiro atoms. The van der Waals surface area contributed by atoms with Gasteiger partial charge in [-0.1, -0.05) is 37.5 Å². The van der Waals surface area contributed by atoms with E-state index in [2.05, 4.69) is 20.9 Å². The van der Waals surface area contributed by atoms with Gasteiger partial charge in [-0.25, -0.2) is 0 Å². The van der Waals surface area contributed by atoms with Crippen LogP contribution in [-0.2, 0) is 14.4 Å². The third kappa shape index (κ3) is 4.95. The van der Waals surface area contributed by atoms with Crippen LogP contribution in [0.15, 0.2) is 30.3 Å². The summed E-state index contributed by atoms with van der Waals surface area (Å²) in [6, 6.07) is 7.86. The Labute approximate surface area is 180 Å². The minimum absolute atomic E-state index is 0.0840. The van der Waals surface area contributed by atoms with Crippen LogP contribution in [0, 0.1) is 11.8 Å². The van der Waals surface area contributed by atoms with Gasteiger partial charge in [0.25, 0.3) is 5.91 Å². The second-order valence-corrected chi connectivity index (χ2v) is 8.59. The lowest BCUT2D eigenvalue weighted by atomic mass is 9.80. The highest BCUT2D eigenvalue weighted by molar-refractivity contribution is 6.00. The van der Waals surface area contributed by atoms with Crippen LogP contribution >= 0.6 is 0 Å². The molecule has 2 fully saturated rings. The number of carbonyl (C=O) groups is 4. The summed E-state index contributed by atoms with van der Waals surface area (Å²) in [4.78, 5) is 52.3. The average molecular weight is 425 g/mol. The van der Waals surface area contributed by atoms with Crippen LogP contribution in [-0.4, -0.2) is 47.6 Å². The van der Waals surface area contributed by atoms with Gasteiger partial charge in [0, 0.05) is 23.4 Å². The third-order valence-corrected chi connectivity index (χ3v) is 6.38. The Morgan fingerprint density at radius 2 is 1.94 bits per heavy atom. The first-order valence-corrected chi connectivity index (χ1v) is 11.0. The van der Waals surface area contributed by atoms with Gasteiger partial charge in [0.05, 0.1) is 6.04 Å². The summed E-state index contributed by atoms with van der Waals surface area (Å²) in [5, 5.41) is 9.25. The molecule has 1 saturated heterocycles. The fraction of sp³-hybridized carbons (Fsp3) is 0.478. The van der Waals surface area contributed by atoms with E-state index >= 15 is 0 Å². The van der Waals surface area contributed by atoms with E-state index in [0.29, 0.717) is 37.3 Å². The van der Waals surface area contributed by atoms with Gasteiger partial charge in [0.1, 0.15) is 18.0 Å². The van der Waals surface area contributed by atoms with E-state index < -0.39 is 12.1 Å². The van der Waals surface area contributed by atoms with Crippen molar-refractivity contribution in [1.82, 2.24) is 20.9 Å². The molecule has 2 heterocycles. The maximum atomic E-state index is 13.0. The highest BCUT2D eigenvalue weighted by atomic mass is 16.2. The average Bonchev–Trinajstić information content (AvgIpc) is 3.35. The van der Waals surface area contributed by atoms with Crippen molar-refractivity contribution in [3.05, 3.63) is 36.0 Å². The Morgan fingerprint density at radius 1 is 1.13 bits per heavy atom. The Hall–Kier alpha value is -3.16. The molecule has 0 unspecified atom stereocenters. The topological polar surface area (TPSA) is 120 Å². The second-order valence-electron chi connectivity index (χ2n) is 8.59. The molecule has 1 aliphatic carbocycles. The Morgan fingerprint density at radius 3 is 2.58 bits per heavy atom. The van der Waals surface area contributed by atoms with E-state index in [1.807, 2.05) is 24.3 Å². The highest BCUT2D eigenvalue weighted by Crippen LogP contribution is 2.30. The van der Waals surface area contributed by atoms with Gasteiger partial charge in [-0.3, -0.25) is 14.4 Å². The summed E-state index contributed by atoms with van der Waals surface area (Å²) in [5.41, 5.74) is 1.24. The number of H-pyrrole nitrogens is 1. The summed E-state index contributed by atoms with van der Waals surface area (Å²) in [5.74, 6) is -0.713. The van der Waals surface area contributed by atoms with Gasteiger partial charge < -0.3 is 25.7 Å². The smallest absolute Gasteiger partial charge is 0.268 e. The largest absolute Gasteiger partial charge is 0.356 e. The predicted octanol–water partition coefficient (Wildman–Crippen LogP) is 1.67. The molecule has 1 aromatic heterocycles. The van der Waals surface area contributed by atoms with Crippen LogP contribution < -0.4 is 16.0 Å². The van der Waals surface area contributed by atoms with Crippen LogP contribution in [0.1, 0.15) is 49.0 Å². The van der Waals surface area contributed by atoms with E-state index in [4.69, 9.17) is 0 Å². The molecule has 8 nitrogen and oxygen atoms in total. The monoisotopic (exact) mass is 424 g/mol. The molecule has 164 valence electrons. The number of benzene rings is 1. The molecule has 1 aromatic carbocycles. The second kappa shape index (κ2) is 9.32. The summed E-state index contributed by atoms with van der Waals surface area (Å²) in [6.07, 6.45) is 5.32. The fourth-order valence-electron chi connectivity index (χ4n) is 4.33. The Bertz CT molecular complexity index is 948. The number of fused-ring (bicyclic) bond motifs is 1. The first-order chi connectivity index (χ1) is 15.0. The summed E-state index contributed by atoms with van der Waals surface area (Å²) < 4.78 is 0. The third-order valence-electron chi connectivity index (χ3n) is 6.38. The van der Waals surface area contributed by atoms with E-state index in [0.717, 1.165) is 30.2 Å². The number of hydrogen-bond acceptors (Lipinski definition) is 4. The maximum Gasteiger partial charge on any atom is 0.268 e. The number of amides is 3. The molecular formula is C23H28N4O4. The van der Waals surface area contributed by atoms with Crippen molar-refractivity contribution in [3.63, 3.8) is 0 Å². The SMILES string of the molecule is O=C[C@H](C[C@@H]1CCNC1=O)NC(=O)[C@H](CC1CCC1)NC(=O)c1cc2ccccc2[nH]1. The molecule has 2 aliphatic rings. The van der Waals surface area contributed by atoms with Gasteiger partial charge in [-0.05, 0) is 37.3 Å². The van der Waals surface area contributed by atoms with Crippen molar-refractivity contribution < 1.29 is 19.2 Å². The van der Waals surface area contributed by atoms with Crippen LogP contribution in [0.5, 0.6) is 0 Å². The molecule has 3 atom stereocenters. The van der Waals surface area contributed by atoms with Crippen molar-refractivity contribution in [2.45, 2.75) is 50.6 Å². The molecular weight excluding hydrogens is 396 g/mol. The number of aromatic amines is 1. The number of aromatic nitrogens is 1. The van der Waals surface area contributed by atoms with Crippen molar-refractivity contribution >= 4 is 34.9 Å². The minimum Gasteiger partial charge on any atom is -0.356 e. The van der Waals surface area contributed by atoms with E-state index in [9.17, 15) is 19.2 Å². The quantitative estimate of drug-likeness (QED) is 0.458. The molecule has 8 heteroatoms. The summed E-state index contributed by atoms with van der Waals surface area (Å²) in [7, 11) is 0. The van der Waals surface area contributed by atoms with E-state index in [1.54, 1.807) is 6.07 Å². The van der Waals surface area contributed by atoms with Crippen molar-refractivity contribution in [3.8, 4) is 0 Å². The van der Waals surface area contributed by atoms with Crippen LogP contribution in [0.4, 0.5) is 0 Å². The molecule has 4 rings (SSSR count). The normalized spacial score (nSPS) is 20.5. The Kier molecular flexibility index (Phi) is 6.34. The summed E-state index contributed by atoms with van der Waals surface area (Å²) >= 11 is 0. The number of aldehydes is 1. The molecule has 3 amide bonds. The van der Waals surface area contributed by atoms with Crippen LogP contribution in [0.25, 0.3) is 10.9 Å². The molecule has 0 bridgehead atoms. The zero-order valence-electron chi connectivity index (χ0n) is 17.4. The van der Waals surface area contributed by atoms with Crippen LogP contribution in [0.2, 0.25) is 0 Å². The lowest BCUT2D eigenvalue weighted by molar-refractivity contribution is -0.127. The minimum atomic E-state index is -0.754. The molecule has 1 aliphatic heterocycles. The Balaban J connectivity index is 1.43. The molecule has 1 saturated carbocycles. The number of hydrogen-bond donors (Lipinski definition) is 4. The van der Waals surface area contributed by atoms with Gasteiger partial charge in [0.15, 0.2) is 0 Å². The first kappa shape index (κ1) is 21.1. The van der Waals surface area contributed by atoms with Gasteiger partial charge in [-0.15, -0.1) is 0 Å². The number of para-hydroxylation sites is 1. The number of carbonyl (C=O) groups excluding carboxylic acids is 4. The standard InChI is InChI=1S/C23H28N4O4/c28-13-17(11-16-8-9-24-21(16)29)25-22(30)19(10-14-4-3-5-14)27-23(31)20-12-15-6-1-2-7-18(15)26-20/h1-2,6-7,12-14,16-17,19,26H,3-5,8-11H2,(H,24,29)(H,25,30)(H,27,31)/t16-,17-,19-/m0/s1. The summed E-state index contributed by atoms with van der Waals surface area (Å²) in [6.45, 7) is 0.591. The zero-order chi connectivity index (χ0) is 21.8. The zero-order valence-corrected chi connectivity index (χ0v) is 17.4. The fourth-order valence-corrected chi connectivity index (χ4v) is 4.33. The van der Waals surface area contributed by atoms with Crippen LogP contribution in [0.3, 0.4) is 0 Å². The van der Waals surface area contributed by atoms with E-state index in [1.165, 1.54) is 0 Å². The van der Waals surface area contributed by atoms with Gasteiger partial charge in [0.2, 0.25) is 11.8 Å². The highest BCUT2D eigenvalue weighted by Gasteiger charge is 2.32. The van der Waals surface area contributed by atoms with Crippen molar-refractivity contribution in [1.29, 1.82) is 0 Å². The molecule has 2 aromatic rings. The van der Waals surface area contributed by atoms with Crippen molar-refractivity contribution in [2.24, 2.45) is 11.8 Å². The number of nitrogens with one attached hydrogen (secondary N) is 4. The lowest BCUT2D eigenvalue weighted by Gasteiger charge is -2.30. The van der Waals surface area contributed by atoms with Gasteiger partial charge >= 0.3 is 0 Å². The molecule has 4 N–H and O–H groups in total. The molecule has 31 heavy (non-hydrogen) atoms. The maximum absolute atomic E-state index is 13.0.